The normalized spacial score (nSPS) is 36.0. The predicted molar refractivity (Wildman–Crippen MR) is 39.3 cm³/mol. The lowest BCUT2D eigenvalue weighted by atomic mass is 9.64. The van der Waals surface area contributed by atoms with E-state index in [1.165, 1.54) is 0 Å². The van der Waals surface area contributed by atoms with Crippen LogP contribution in [0.25, 0.3) is 0 Å². The number of aliphatic carboxylic acids is 1. The van der Waals surface area contributed by atoms with Gasteiger partial charge in [0.1, 0.15) is 0 Å². The minimum atomic E-state index is -0.841. The molecule has 62 valence electrons. The molecule has 3 nitrogen and oxygen atoms in total. The molecular weight excluding hydrogens is 168 g/mol. The minimum Gasteiger partial charge on any atom is -0.481 e. The van der Waals surface area contributed by atoms with Crippen LogP contribution in [-0.2, 0) is 9.59 Å². The summed E-state index contributed by atoms with van der Waals surface area (Å²) in [6, 6.07) is 0. The molecule has 0 spiro atoms. The average Bonchev–Trinajstić information content (AvgIpc) is 1.79. The van der Waals surface area contributed by atoms with Crippen LogP contribution >= 0.6 is 11.6 Å². The predicted octanol–water partition coefficient (Wildman–Crippen LogP) is 1.25. The van der Waals surface area contributed by atoms with E-state index in [0.717, 1.165) is 0 Å². The molecule has 4 heteroatoms. The van der Waals surface area contributed by atoms with E-state index in [-0.39, 0.29) is 5.92 Å². The van der Waals surface area contributed by atoms with E-state index in [0.29, 0.717) is 12.8 Å². The number of rotatable bonds is 2. The van der Waals surface area contributed by atoms with Gasteiger partial charge in [-0.25, -0.2) is 0 Å². The van der Waals surface area contributed by atoms with E-state index in [9.17, 15) is 9.59 Å². The molecule has 0 aromatic carbocycles. The maximum Gasteiger partial charge on any atom is 0.309 e. The number of halogens is 1. The van der Waals surface area contributed by atoms with Gasteiger partial charge in [-0.1, -0.05) is 0 Å². The number of hydrogen-bond donors (Lipinski definition) is 1. The molecule has 0 heterocycles. The number of carboxylic acid groups (broad SMARTS) is 1. The summed E-state index contributed by atoms with van der Waals surface area (Å²) in [4.78, 5) is 21.0. The second-order valence-corrected chi connectivity index (χ2v) is 3.65. The molecule has 0 amide bonds. The van der Waals surface area contributed by atoms with Gasteiger partial charge in [0.2, 0.25) is 5.24 Å². The fourth-order valence-corrected chi connectivity index (χ4v) is 1.52. The van der Waals surface area contributed by atoms with Crippen LogP contribution in [0.15, 0.2) is 0 Å². The summed E-state index contributed by atoms with van der Waals surface area (Å²) < 4.78 is 0. The van der Waals surface area contributed by atoms with Crippen molar-refractivity contribution in [2.24, 2.45) is 11.3 Å². The Labute approximate surface area is 69.3 Å². The summed E-state index contributed by atoms with van der Waals surface area (Å²) in [6.07, 6.45) is 0.759. The van der Waals surface area contributed by atoms with E-state index in [4.69, 9.17) is 16.7 Å². The Bertz CT molecular complexity index is 206. The van der Waals surface area contributed by atoms with Crippen molar-refractivity contribution in [2.75, 3.05) is 0 Å². The highest BCUT2D eigenvalue weighted by atomic mass is 35.5. The van der Waals surface area contributed by atoms with Gasteiger partial charge in [-0.15, -0.1) is 0 Å². The van der Waals surface area contributed by atoms with Gasteiger partial charge < -0.3 is 5.11 Å². The number of carbonyl (C=O) groups is 2. The number of carbonyl (C=O) groups excluding carboxylic acids is 1. The highest BCUT2D eigenvalue weighted by Gasteiger charge is 2.48. The highest BCUT2D eigenvalue weighted by molar-refractivity contribution is 6.64. The maximum atomic E-state index is 10.5. The Morgan fingerprint density at radius 3 is 2.27 bits per heavy atom. The van der Waals surface area contributed by atoms with Crippen molar-refractivity contribution in [3.05, 3.63) is 0 Å². The van der Waals surface area contributed by atoms with Crippen molar-refractivity contribution in [3.63, 3.8) is 0 Å². The lowest BCUT2D eigenvalue weighted by Gasteiger charge is -2.39. The number of hydrogen-bond acceptors (Lipinski definition) is 2. The number of carboxylic acids is 1. The standard InChI is InChI=1S/C7H9ClO3/c1-7(6(10)11)2-4(3-7)5(8)9/h4H,2-3H2,1H3,(H,10,11). The van der Waals surface area contributed by atoms with Crippen LogP contribution in [0.2, 0.25) is 0 Å². The lowest BCUT2D eigenvalue weighted by molar-refractivity contribution is -0.157. The Balaban J connectivity index is 2.50. The first-order valence-electron chi connectivity index (χ1n) is 3.38. The molecule has 0 saturated heterocycles. The molecule has 0 unspecified atom stereocenters. The molecule has 0 aromatic heterocycles. The molecule has 1 rings (SSSR count). The first-order chi connectivity index (χ1) is 4.96. The quantitative estimate of drug-likeness (QED) is 0.645. The van der Waals surface area contributed by atoms with Gasteiger partial charge in [0.25, 0.3) is 0 Å². The first-order valence-corrected chi connectivity index (χ1v) is 3.76. The van der Waals surface area contributed by atoms with Gasteiger partial charge in [0.15, 0.2) is 0 Å². The van der Waals surface area contributed by atoms with Crippen molar-refractivity contribution in [1.82, 2.24) is 0 Å². The van der Waals surface area contributed by atoms with E-state index in [2.05, 4.69) is 0 Å². The molecule has 11 heavy (non-hydrogen) atoms. The van der Waals surface area contributed by atoms with E-state index in [1.54, 1.807) is 6.92 Å². The van der Waals surface area contributed by atoms with Crippen LogP contribution in [-0.4, -0.2) is 16.3 Å². The fourth-order valence-electron chi connectivity index (χ4n) is 1.36. The van der Waals surface area contributed by atoms with Crippen molar-refractivity contribution in [3.8, 4) is 0 Å². The lowest BCUT2D eigenvalue weighted by Crippen LogP contribution is -2.43. The zero-order chi connectivity index (χ0) is 8.65. The zero-order valence-corrected chi connectivity index (χ0v) is 6.89. The Hall–Kier alpha value is -0.570. The molecule has 0 aliphatic heterocycles. The molecule has 1 saturated carbocycles. The summed E-state index contributed by atoms with van der Waals surface area (Å²) >= 11 is 5.18. The fraction of sp³-hybridized carbons (Fsp3) is 0.714. The Morgan fingerprint density at radius 1 is 1.55 bits per heavy atom. The molecular formula is C7H9ClO3. The third-order valence-corrected chi connectivity index (χ3v) is 2.54. The summed E-state index contributed by atoms with van der Waals surface area (Å²) in [6.45, 7) is 1.63. The summed E-state index contributed by atoms with van der Waals surface area (Å²) in [5, 5.41) is 8.22. The zero-order valence-electron chi connectivity index (χ0n) is 6.13. The van der Waals surface area contributed by atoms with E-state index >= 15 is 0 Å². The highest BCUT2D eigenvalue weighted by Crippen LogP contribution is 2.46. The van der Waals surface area contributed by atoms with Gasteiger partial charge >= 0.3 is 5.97 Å². The van der Waals surface area contributed by atoms with Gasteiger partial charge in [0.05, 0.1) is 5.41 Å². The van der Waals surface area contributed by atoms with Crippen LogP contribution in [0.1, 0.15) is 19.8 Å². The third-order valence-electron chi connectivity index (χ3n) is 2.23. The molecule has 1 aliphatic rings. The SMILES string of the molecule is CC1(C(=O)O)CC(C(=O)Cl)C1. The van der Waals surface area contributed by atoms with E-state index < -0.39 is 16.6 Å². The molecule has 0 radical (unpaired) electrons. The second-order valence-electron chi connectivity index (χ2n) is 3.28. The Kier molecular flexibility index (Phi) is 1.92. The van der Waals surface area contributed by atoms with Crippen LogP contribution in [0.3, 0.4) is 0 Å². The summed E-state index contributed by atoms with van der Waals surface area (Å²) in [7, 11) is 0. The largest absolute Gasteiger partial charge is 0.481 e. The smallest absolute Gasteiger partial charge is 0.309 e. The maximum absolute atomic E-state index is 10.5. The van der Waals surface area contributed by atoms with Crippen LogP contribution in [0.5, 0.6) is 0 Å². The van der Waals surface area contributed by atoms with Gasteiger partial charge in [-0.05, 0) is 31.4 Å². The summed E-state index contributed by atoms with van der Waals surface area (Å²) in [5.41, 5.74) is -0.713. The van der Waals surface area contributed by atoms with Crippen LogP contribution < -0.4 is 0 Å². The molecule has 0 aromatic rings. The molecule has 1 aliphatic carbocycles. The average molecular weight is 177 g/mol. The van der Waals surface area contributed by atoms with Crippen LogP contribution in [0, 0.1) is 11.3 Å². The third kappa shape index (κ3) is 1.38. The van der Waals surface area contributed by atoms with Gasteiger partial charge in [-0.3, -0.25) is 9.59 Å². The Morgan fingerprint density at radius 2 is 2.00 bits per heavy atom. The molecule has 0 atom stereocenters. The molecule has 1 N–H and O–H groups in total. The summed E-state index contributed by atoms with van der Waals surface area (Å²) in [5.74, 6) is -1.08. The first kappa shape index (κ1) is 8.53. The van der Waals surface area contributed by atoms with E-state index in [1.807, 2.05) is 0 Å². The van der Waals surface area contributed by atoms with Crippen molar-refractivity contribution in [2.45, 2.75) is 19.8 Å². The van der Waals surface area contributed by atoms with Crippen molar-refractivity contribution >= 4 is 22.8 Å². The van der Waals surface area contributed by atoms with Gasteiger partial charge in [0, 0.05) is 5.92 Å². The molecule has 0 bridgehead atoms. The van der Waals surface area contributed by atoms with Crippen LogP contribution in [0.4, 0.5) is 0 Å². The second kappa shape index (κ2) is 2.48. The van der Waals surface area contributed by atoms with Gasteiger partial charge in [-0.2, -0.15) is 0 Å². The molecule has 1 fully saturated rings. The minimum absolute atomic E-state index is 0.238. The van der Waals surface area contributed by atoms with Crippen molar-refractivity contribution in [1.29, 1.82) is 0 Å². The topological polar surface area (TPSA) is 54.4 Å². The van der Waals surface area contributed by atoms with Crippen molar-refractivity contribution < 1.29 is 14.7 Å². The monoisotopic (exact) mass is 176 g/mol.